The molecular formula is C16H18N2O2. The Kier molecular flexibility index (Phi) is 3.08. The van der Waals surface area contributed by atoms with Gasteiger partial charge in [0.15, 0.2) is 0 Å². The number of fused-ring (bicyclic) bond motifs is 1. The Morgan fingerprint density at radius 3 is 2.75 bits per heavy atom. The van der Waals surface area contributed by atoms with Crippen molar-refractivity contribution in [3.8, 4) is 0 Å². The molecule has 1 heterocycles. The van der Waals surface area contributed by atoms with Crippen LogP contribution in [-0.4, -0.2) is 28.9 Å². The number of rotatable bonds is 3. The minimum absolute atomic E-state index is 0.0771. The molecule has 1 aliphatic rings. The number of benzene rings is 1. The van der Waals surface area contributed by atoms with Gasteiger partial charge in [0, 0.05) is 30.1 Å². The fourth-order valence-corrected chi connectivity index (χ4v) is 2.65. The second-order valence-electron chi connectivity index (χ2n) is 5.59. The van der Waals surface area contributed by atoms with Crippen LogP contribution < -0.4 is 5.56 Å². The van der Waals surface area contributed by atoms with Crippen LogP contribution in [0.15, 0.2) is 35.1 Å². The van der Waals surface area contributed by atoms with Gasteiger partial charge in [-0.1, -0.05) is 18.2 Å². The zero-order valence-electron chi connectivity index (χ0n) is 11.7. The zero-order valence-corrected chi connectivity index (χ0v) is 11.7. The first-order valence-electron chi connectivity index (χ1n) is 6.97. The Morgan fingerprint density at radius 2 is 2.05 bits per heavy atom. The second kappa shape index (κ2) is 4.78. The van der Waals surface area contributed by atoms with Crippen LogP contribution in [0.1, 0.15) is 30.1 Å². The fraction of sp³-hybridized carbons (Fsp3) is 0.375. The Hall–Kier alpha value is -2.10. The zero-order chi connectivity index (χ0) is 14.3. The van der Waals surface area contributed by atoms with E-state index in [9.17, 15) is 9.59 Å². The van der Waals surface area contributed by atoms with E-state index in [0.29, 0.717) is 17.0 Å². The summed E-state index contributed by atoms with van der Waals surface area (Å²) in [4.78, 5) is 28.9. The van der Waals surface area contributed by atoms with Crippen LogP contribution in [0.5, 0.6) is 0 Å². The first-order chi connectivity index (χ1) is 9.58. The Bertz CT molecular complexity index is 716. The number of nitrogens with one attached hydrogen (secondary N) is 1. The molecule has 0 saturated heterocycles. The van der Waals surface area contributed by atoms with Crippen molar-refractivity contribution in [2.75, 3.05) is 7.05 Å². The van der Waals surface area contributed by atoms with E-state index < -0.39 is 0 Å². The van der Waals surface area contributed by atoms with Crippen molar-refractivity contribution in [2.24, 2.45) is 5.92 Å². The molecule has 104 valence electrons. The van der Waals surface area contributed by atoms with E-state index in [1.165, 1.54) is 18.9 Å². The molecule has 1 saturated carbocycles. The van der Waals surface area contributed by atoms with Gasteiger partial charge in [-0.05, 0) is 31.7 Å². The predicted octanol–water partition coefficient (Wildman–Crippen LogP) is 2.40. The average Bonchev–Trinajstić information content (AvgIpc) is 3.28. The largest absolute Gasteiger partial charge is 0.339 e. The van der Waals surface area contributed by atoms with Crippen LogP contribution >= 0.6 is 0 Å². The normalized spacial score (nSPS) is 16.1. The van der Waals surface area contributed by atoms with Gasteiger partial charge in [0.05, 0.1) is 5.56 Å². The highest BCUT2D eigenvalue weighted by atomic mass is 16.2. The van der Waals surface area contributed by atoms with Gasteiger partial charge in [0.2, 0.25) is 5.56 Å². The summed E-state index contributed by atoms with van der Waals surface area (Å²) in [5, 5.41) is 0.798. The van der Waals surface area contributed by atoms with Crippen LogP contribution in [-0.2, 0) is 0 Å². The Labute approximate surface area is 117 Å². The highest BCUT2D eigenvalue weighted by Gasteiger charge is 2.33. The number of pyridine rings is 1. The predicted molar refractivity (Wildman–Crippen MR) is 78.8 cm³/mol. The third kappa shape index (κ3) is 2.22. The summed E-state index contributed by atoms with van der Waals surface area (Å²) in [6.07, 6.45) is 2.38. The number of nitrogens with zero attached hydrogens (tertiary/aromatic N) is 1. The summed E-state index contributed by atoms with van der Waals surface area (Å²) in [5.41, 5.74) is 0.953. The van der Waals surface area contributed by atoms with Crippen molar-refractivity contribution in [1.82, 2.24) is 9.88 Å². The van der Waals surface area contributed by atoms with Gasteiger partial charge in [-0.15, -0.1) is 0 Å². The lowest BCUT2D eigenvalue weighted by molar-refractivity contribution is 0.0729. The van der Waals surface area contributed by atoms with E-state index in [-0.39, 0.29) is 17.5 Å². The van der Waals surface area contributed by atoms with E-state index in [4.69, 9.17) is 0 Å². The molecule has 0 bridgehead atoms. The molecule has 1 fully saturated rings. The highest BCUT2D eigenvalue weighted by Crippen LogP contribution is 2.35. The van der Waals surface area contributed by atoms with E-state index in [1.54, 1.807) is 4.90 Å². The summed E-state index contributed by atoms with van der Waals surface area (Å²) in [7, 11) is 1.82. The molecule has 1 atom stereocenters. The molecule has 4 heteroatoms. The van der Waals surface area contributed by atoms with Gasteiger partial charge in [-0.25, -0.2) is 0 Å². The quantitative estimate of drug-likeness (QED) is 0.931. The molecule has 3 rings (SSSR count). The van der Waals surface area contributed by atoms with E-state index >= 15 is 0 Å². The molecule has 1 amide bonds. The lowest BCUT2D eigenvalue weighted by Gasteiger charge is -2.25. The number of carbonyl (C=O) groups excluding carboxylic acids is 1. The molecule has 0 aliphatic heterocycles. The summed E-state index contributed by atoms with van der Waals surface area (Å²) >= 11 is 0. The summed E-state index contributed by atoms with van der Waals surface area (Å²) in [5.74, 6) is 0.531. The third-order valence-corrected chi connectivity index (χ3v) is 4.22. The second-order valence-corrected chi connectivity index (χ2v) is 5.59. The van der Waals surface area contributed by atoms with Crippen LogP contribution in [0, 0.1) is 5.92 Å². The maximum absolute atomic E-state index is 12.7. The Balaban J connectivity index is 2.04. The number of carbonyl (C=O) groups is 1. The van der Waals surface area contributed by atoms with Crippen molar-refractivity contribution >= 4 is 16.8 Å². The molecule has 0 radical (unpaired) electrons. The van der Waals surface area contributed by atoms with Gasteiger partial charge in [-0.2, -0.15) is 0 Å². The van der Waals surface area contributed by atoms with Gasteiger partial charge in [0.1, 0.15) is 0 Å². The smallest absolute Gasteiger partial charge is 0.254 e. The number of aromatic nitrogens is 1. The number of hydrogen-bond donors (Lipinski definition) is 1. The van der Waals surface area contributed by atoms with Crippen molar-refractivity contribution in [2.45, 2.75) is 25.8 Å². The molecule has 1 aromatic carbocycles. The van der Waals surface area contributed by atoms with Crippen LogP contribution in [0.3, 0.4) is 0 Å². The van der Waals surface area contributed by atoms with Gasteiger partial charge in [-0.3, -0.25) is 9.59 Å². The maximum atomic E-state index is 12.7. The van der Waals surface area contributed by atoms with Crippen molar-refractivity contribution in [3.63, 3.8) is 0 Å². The van der Waals surface area contributed by atoms with Crippen LogP contribution in [0.2, 0.25) is 0 Å². The van der Waals surface area contributed by atoms with E-state index in [2.05, 4.69) is 11.9 Å². The molecule has 1 aromatic heterocycles. The topological polar surface area (TPSA) is 53.2 Å². The van der Waals surface area contributed by atoms with E-state index in [0.717, 1.165) is 5.39 Å². The van der Waals surface area contributed by atoms with Crippen LogP contribution in [0.25, 0.3) is 10.9 Å². The first kappa shape index (κ1) is 12.9. The number of para-hydroxylation sites is 1. The first-order valence-corrected chi connectivity index (χ1v) is 6.97. The standard InChI is InChI=1S/C16H18N2O2/c1-10(11-7-8-11)18(2)16(20)13-9-15(19)17-14-6-4-3-5-12(13)14/h3-6,9-11H,7-8H2,1-2H3,(H,17,19)/t10-/m0/s1. The van der Waals surface area contributed by atoms with Crippen LogP contribution in [0.4, 0.5) is 0 Å². The third-order valence-electron chi connectivity index (χ3n) is 4.22. The number of hydrogen-bond acceptors (Lipinski definition) is 2. The molecule has 0 spiro atoms. The molecular weight excluding hydrogens is 252 g/mol. The molecule has 2 aromatic rings. The highest BCUT2D eigenvalue weighted by molar-refractivity contribution is 6.05. The molecule has 0 unspecified atom stereocenters. The number of aromatic amines is 1. The maximum Gasteiger partial charge on any atom is 0.254 e. The van der Waals surface area contributed by atoms with Crippen molar-refractivity contribution in [3.05, 3.63) is 46.2 Å². The van der Waals surface area contributed by atoms with Gasteiger partial charge < -0.3 is 9.88 Å². The minimum Gasteiger partial charge on any atom is -0.339 e. The summed E-state index contributed by atoms with van der Waals surface area (Å²) < 4.78 is 0. The average molecular weight is 270 g/mol. The number of H-pyrrole nitrogens is 1. The fourth-order valence-electron chi connectivity index (χ4n) is 2.65. The number of amides is 1. The minimum atomic E-state index is -0.237. The Morgan fingerprint density at radius 1 is 1.35 bits per heavy atom. The van der Waals surface area contributed by atoms with Gasteiger partial charge in [0.25, 0.3) is 5.91 Å². The molecule has 4 nitrogen and oxygen atoms in total. The van der Waals surface area contributed by atoms with Crippen molar-refractivity contribution < 1.29 is 4.79 Å². The van der Waals surface area contributed by atoms with E-state index in [1.807, 2.05) is 31.3 Å². The monoisotopic (exact) mass is 270 g/mol. The molecule has 1 N–H and O–H groups in total. The molecule has 1 aliphatic carbocycles. The SMILES string of the molecule is C[C@@H](C1CC1)N(C)C(=O)c1cc(=O)[nH]c2ccccc12. The summed E-state index contributed by atoms with van der Waals surface area (Å²) in [6, 6.07) is 9.04. The van der Waals surface area contributed by atoms with Gasteiger partial charge >= 0.3 is 0 Å². The lowest BCUT2D eigenvalue weighted by atomic mass is 10.1. The summed E-state index contributed by atoms with van der Waals surface area (Å²) in [6.45, 7) is 2.07. The van der Waals surface area contributed by atoms with Crippen molar-refractivity contribution in [1.29, 1.82) is 0 Å². The lowest BCUT2D eigenvalue weighted by Crippen LogP contribution is -2.37. The molecule has 20 heavy (non-hydrogen) atoms.